The summed E-state index contributed by atoms with van der Waals surface area (Å²) in [6.07, 6.45) is 6.23. The van der Waals surface area contributed by atoms with Crippen molar-refractivity contribution in [2.24, 2.45) is 29.6 Å². The van der Waals surface area contributed by atoms with E-state index in [0.717, 1.165) is 11.8 Å². The maximum atomic E-state index is 13.7. The summed E-state index contributed by atoms with van der Waals surface area (Å²) in [5.41, 5.74) is 0.325. The highest BCUT2D eigenvalue weighted by atomic mass is 19.1. The lowest BCUT2D eigenvalue weighted by Gasteiger charge is -2.53. The first-order valence-corrected chi connectivity index (χ1v) is 7.76. The Balaban J connectivity index is 1.53. The van der Waals surface area contributed by atoms with Crippen LogP contribution in [0, 0.1) is 35.4 Å². The highest BCUT2D eigenvalue weighted by molar-refractivity contribution is 5.93. The van der Waals surface area contributed by atoms with Gasteiger partial charge in [0.15, 0.2) is 0 Å². The van der Waals surface area contributed by atoms with Crippen molar-refractivity contribution in [2.45, 2.75) is 32.1 Å². The number of benzene rings is 1. The van der Waals surface area contributed by atoms with Gasteiger partial charge in [-0.1, -0.05) is 12.1 Å². The van der Waals surface area contributed by atoms with Gasteiger partial charge in [0, 0.05) is 5.92 Å². The van der Waals surface area contributed by atoms with Gasteiger partial charge in [0.05, 0.1) is 5.69 Å². The highest BCUT2D eigenvalue weighted by Gasteiger charge is 2.50. The van der Waals surface area contributed by atoms with E-state index in [0.29, 0.717) is 17.5 Å². The van der Waals surface area contributed by atoms with Gasteiger partial charge in [-0.3, -0.25) is 4.79 Å². The number of carbonyl (C=O) groups excluding carboxylic acids is 1. The molecule has 0 unspecified atom stereocenters. The van der Waals surface area contributed by atoms with Crippen molar-refractivity contribution >= 4 is 11.6 Å². The number of nitrogens with one attached hydrogen (secondary N) is 1. The van der Waals surface area contributed by atoms with E-state index >= 15 is 0 Å². The summed E-state index contributed by atoms with van der Waals surface area (Å²) in [7, 11) is 0. The van der Waals surface area contributed by atoms with Crippen LogP contribution in [0.1, 0.15) is 32.1 Å². The van der Waals surface area contributed by atoms with Gasteiger partial charge in [0.25, 0.3) is 0 Å². The maximum absolute atomic E-state index is 13.7. The normalized spacial score (nSPS) is 38.0. The first kappa shape index (κ1) is 12.4. The number of rotatable bonds is 2. The lowest BCUT2D eigenvalue weighted by Crippen LogP contribution is -2.49. The molecule has 0 spiro atoms. The molecule has 0 saturated heterocycles. The van der Waals surface area contributed by atoms with E-state index in [9.17, 15) is 9.18 Å². The molecule has 5 rings (SSSR count). The Labute approximate surface area is 118 Å². The molecule has 4 bridgehead atoms. The molecule has 1 amide bonds. The Morgan fingerprint density at radius 1 is 1.00 bits per heavy atom. The van der Waals surface area contributed by atoms with E-state index in [1.54, 1.807) is 18.2 Å². The van der Waals surface area contributed by atoms with Crippen molar-refractivity contribution in [3.05, 3.63) is 30.1 Å². The van der Waals surface area contributed by atoms with Gasteiger partial charge in [0.1, 0.15) is 5.82 Å². The zero-order chi connectivity index (χ0) is 13.7. The standard InChI is InChI=1S/C17H20FNO/c18-14-3-1-2-4-15(14)19-17(20)16-12-6-10-5-11(8-12)9-13(16)7-10/h1-4,10-13,16H,5-9H2,(H,19,20). The van der Waals surface area contributed by atoms with Gasteiger partial charge in [-0.05, 0) is 67.9 Å². The van der Waals surface area contributed by atoms with Gasteiger partial charge in [-0.15, -0.1) is 0 Å². The second kappa shape index (κ2) is 4.57. The van der Waals surface area contributed by atoms with Gasteiger partial charge in [-0.2, -0.15) is 0 Å². The highest BCUT2D eigenvalue weighted by Crippen LogP contribution is 2.56. The van der Waals surface area contributed by atoms with Crippen molar-refractivity contribution in [1.29, 1.82) is 0 Å². The molecule has 4 fully saturated rings. The number of carbonyl (C=O) groups is 1. The predicted molar refractivity (Wildman–Crippen MR) is 75.6 cm³/mol. The Hall–Kier alpha value is -1.38. The van der Waals surface area contributed by atoms with Crippen molar-refractivity contribution in [2.75, 3.05) is 5.32 Å². The summed E-state index contributed by atoms with van der Waals surface area (Å²) in [5.74, 6) is 2.61. The van der Waals surface area contributed by atoms with E-state index in [1.807, 2.05) is 0 Å². The van der Waals surface area contributed by atoms with Crippen molar-refractivity contribution < 1.29 is 9.18 Å². The van der Waals surface area contributed by atoms with Crippen molar-refractivity contribution in [1.82, 2.24) is 0 Å². The fourth-order valence-electron chi connectivity index (χ4n) is 5.13. The molecule has 1 aromatic rings. The molecule has 4 saturated carbocycles. The molecule has 0 aliphatic heterocycles. The average Bonchev–Trinajstić information content (AvgIpc) is 2.40. The minimum atomic E-state index is -0.343. The van der Waals surface area contributed by atoms with Crippen LogP contribution in [0.4, 0.5) is 10.1 Å². The van der Waals surface area contributed by atoms with Crippen LogP contribution in [0.3, 0.4) is 0 Å². The summed E-state index contributed by atoms with van der Waals surface area (Å²) in [4.78, 5) is 12.6. The molecule has 106 valence electrons. The summed E-state index contributed by atoms with van der Waals surface area (Å²) >= 11 is 0. The van der Waals surface area contributed by atoms with E-state index < -0.39 is 0 Å². The summed E-state index contributed by atoms with van der Waals surface area (Å²) in [5, 5.41) is 2.82. The Morgan fingerprint density at radius 2 is 1.60 bits per heavy atom. The third kappa shape index (κ3) is 1.95. The van der Waals surface area contributed by atoms with Crippen LogP contribution in [0.2, 0.25) is 0 Å². The molecule has 0 aromatic heterocycles. The molecule has 4 aliphatic carbocycles. The van der Waals surface area contributed by atoms with Crippen LogP contribution in [-0.2, 0) is 4.79 Å². The number of hydrogen-bond donors (Lipinski definition) is 1. The van der Waals surface area contributed by atoms with Crippen molar-refractivity contribution in [3.8, 4) is 0 Å². The fraction of sp³-hybridized carbons (Fsp3) is 0.588. The minimum Gasteiger partial charge on any atom is -0.323 e. The monoisotopic (exact) mass is 273 g/mol. The molecule has 2 nitrogen and oxygen atoms in total. The number of amides is 1. The summed E-state index contributed by atoms with van der Waals surface area (Å²) in [6.45, 7) is 0. The third-order valence-corrected chi connectivity index (χ3v) is 5.66. The van der Waals surface area contributed by atoms with E-state index in [2.05, 4.69) is 5.32 Å². The largest absolute Gasteiger partial charge is 0.323 e. The Bertz CT molecular complexity index is 514. The minimum absolute atomic E-state index is 0.0453. The van der Waals surface area contributed by atoms with Gasteiger partial charge < -0.3 is 5.32 Å². The smallest absolute Gasteiger partial charge is 0.228 e. The van der Waals surface area contributed by atoms with Gasteiger partial charge in [-0.25, -0.2) is 4.39 Å². The molecule has 1 aromatic carbocycles. The first-order chi connectivity index (χ1) is 9.70. The van der Waals surface area contributed by atoms with Gasteiger partial charge in [0.2, 0.25) is 5.91 Å². The number of hydrogen-bond acceptors (Lipinski definition) is 1. The summed E-state index contributed by atoms with van der Waals surface area (Å²) in [6, 6.07) is 6.44. The second-order valence-electron chi connectivity index (χ2n) is 6.93. The summed E-state index contributed by atoms with van der Waals surface area (Å²) < 4.78 is 13.7. The molecule has 3 heteroatoms. The first-order valence-electron chi connectivity index (χ1n) is 7.76. The van der Waals surface area contributed by atoms with Crippen LogP contribution in [0.15, 0.2) is 24.3 Å². The fourth-order valence-corrected chi connectivity index (χ4v) is 5.13. The number of anilines is 1. The average molecular weight is 273 g/mol. The topological polar surface area (TPSA) is 29.1 Å². The van der Waals surface area contributed by atoms with E-state index in [-0.39, 0.29) is 17.6 Å². The molecular formula is C17H20FNO. The van der Waals surface area contributed by atoms with Crippen LogP contribution < -0.4 is 5.32 Å². The quantitative estimate of drug-likeness (QED) is 0.871. The SMILES string of the molecule is O=C(Nc1ccccc1F)C1C2CC3CC(C2)CC1C3. The molecule has 20 heavy (non-hydrogen) atoms. The number of para-hydroxylation sites is 1. The molecule has 0 atom stereocenters. The van der Waals surface area contributed by atoms with Crippen LogP contribution in [0.25, 0.3) is 0 Å². The predicted octanol–water partition coefficient (Wildman–Crippen LogP) is 3.84. The van der Waals surface area contributed by atoms with Crippen molar-refractivity contribution in [3.63, 3.8) is 0 Å². The maximum Gasteiger partial charge on any atom is 0.228 e. The molecule has 0 heterocycles. The number of halogens is 1. The van der Waals surface area contributed by atoms with Crippen LogP contribution in [-0.4, -0.2) is 5.91 Å². The molecule has 4 aliphatic rings. The zero-order valence-electron chi connectivity index (χ0n) is 11.5. The second-order valence-corrected chi connectivity index (χ2v) is 6.93. The van der Waals surface area contributed by atoms with Crippen LogP contribution >= 0.6 is 0 Å². The van der Waals surface area contributed by atoms with Crippen LogP contribution in [0.5, 0.6) is 0 Å². The van der Waals surface area contributed by atoms with Gasteiger partial charge >= 0.3 is 0 Å². The lowest BCUT2D eigenvalue weighted by atomic mass is 9.51. The van der Waals surface area contributed by atoms with E-state index in [4.69, 9.17) is 0 Å². The third-order valence-electron chi connectivity index (χ3n) is 5.66. The Morgan fingerprint density at radius 3 is 2.20 bits per heavy atom. The molecular weight excluding hydrogens is 253 g/mol. The van der Waals surface area contributed by atoms with E-state index in [1.165, 1.54) is 38.2 Å². The molecule has 0 radical (unpaired) electrons. The lowest BCUT2D eigenvalue weighted by molar-refractivity contribution is -0.132. The molecule has 1 N–H and O–H groups in total. The Kier molecular flexibility index (Phi) is 2.83. The zero-order valence-corrected chi connectivity index (χ0v) is 11.5.